The standard InChI is InChI=1S/C17H22N4O/c1-21-12-16(11-20-21)14-7-15(10-18-9-14)17(22)19-8-13-5-3-2-4-6-13/h7,9-13H,2-6,8H2,1H3,(H,19,22). The molecule has 0 bridgehead atoms. The first-order valence-corrected chi connectivity index (χ1v) is 7.94. The van der Waals surface area contributed by atoms with Gasteiger partial charge in [-0.25, -0.2) is 0 Å². The molecule has 5 nitrogen and oxygen atoms in total. The molecule has 2 aromatic heterocycles. The van der Waals surface area contributed by atoms with Crippen LogP contribution in [0.5, 0.6) is 0 Å². The third-order valence-corrected chi connectivity index (χ3v) is 4.31. The van der Waals surface area contributed by atoms with Crippen LogP contribution < -0.4 is 5.32 Å². The number of carbonyl (C=O) groups is 1. The second-order valence-electron chi connectivity index (χ2n) is 6.08. The summed E-state index contributed by atoms with van der Waals surface area (Å²) in [6.45, 7) is 0.774. The van der Waals surface area contributed by atoms with Crippen LogP contribution in [0.3, 0.4) is 0 Å². The van der Waals surface area contributed by atoms with Gasteiger partial charge in [-0.1, -0.05) is 19.3 Å². The van der Waals surface area contributed by atoms with Gasteiger partial charge in [-0.15, -0.1) is 0 Å². The van der Waals surface area contributed by atoms with Crippen molar-refractivity contribution in [1.29, 1.82) is 0 Å². The van der Waals surface area contributed by atoms with Crippen molar-refractivity contribution in [3.05, 3.63) is 36.4 Å². The van der Waals surface area contributed by atoms with Crippen molar-refractivity contribution in [1.82, 2.24) is 20.1 Å². The monoisotopic (exact) mass is 298 g/mol. The first kappa shape index (κ1) is 14.8. The number of hydrogen-bond donors (Lipinski definition) is 1. The predicted octanol–water partition coefficient (Wildman–Crippen LogP) is 2.79. The van der Waals surface area contributed by atoms with Crippen LogP contribution in [0, 0.1) is 5.92 Å². The van der Waals surface area contributed by atoms with E-state index < -0.39 is 0 Å². The molecule has 0 unspecified atom stereocenters. The first-order valence-electron chi connectivity index (χ1n) is 7.94. The summed E-state index contributed by atoms with van der Waals surface area (Å²) in [7, 11) is 1.87. The lowest BCUT2D eigenvalue weighted by atomic mass is 9.89. The van der Waals surface area contributed by atoms with Crippen molar-refractivity contribution in [3.63, 3.8) is 0 Å². The summed E-state index contributed by atoms with van der Waals surface area (Å²) in [5.41, 5.74) is 2.49. The molecule has 0 saturated heterocycles. The number of aromatic nitrogens is 3. The maximum atomic E-state index is 12.3. The Morgan fingerprint density at radius 2 is 2.05 bits per heavy atom. The van der Waals surface area contributed by atoms with Gasteiger partial charge in [-0.3, -0.25) is 14.5 Å². The maximum Gasteiger partial charge on any atom is 0.252 e. The molecular weight excluding hydrogens is 276 g/mol. The summed E-state index contributed by atoms with van der Waals surface area (Å²) in [5.74, 6) is 0.593. The van der Waals surface area contributed by atoms with Gasteiger partial charge in [0.15, 0.2) is 0 Å². The number of pyridine rings is 1. The third kappa shape index (κ3) is 3.53. The zero-order chi connectivity index (χ0) is 15.4. The fourth-order valence-electron chi connectivity index (χ4n) is 3.02. The van der Waals surface area contributed by atoms with E-state index in [1.807, 2.05) is 19.3 Å². The van der Waals surface area contributed by atoms with Gasteiger partial charge in [-0.05, 0) is 24.8 Å². The van der Waals surface area contributed by atoms with Gasteiger partial charge < -0.3 is 5.32 Å². The highest BCUT2D eigenvalue weighted by Crippen LogP contribution is 2.23. The molecule has 1 N–H and O–H groups in total. The van der Waals surface area contributed by atoms with E-state index in [4.69, 9.17) is 0 Å². The van der Waals surface area contributed by atoms with E-state index in [0.717, 1.165) is 17.7 Å². The molecule has 116 valence electrons. The lowest BCUT2D eigenvalue weighted by molar-refractivity contribution is 0.0943. The van der Waals surface area contributed by atoms with Crippen molar-refractivity contribution in [2.24, 2.45) is 13.0 Å². The van der Waals surface area contributed by atoms with Gasteiger partial charge in [0.05, 0.1) is 11.8 Å². The largest absolute Gasteiger partial charge is 0.352 e. The number of nitrogens with one attached hydrogen (secondary N) is 1. The SMILES string of the molecule is Cn1cc(-c2cncc(C(=O)NCC3CCCCC3)c2)cn1. The third-order valence-electron chi connectivity index (χ3n) is 4.31. The maximum absolute atomic E-state index is 12.3. The van der Waals surface area contributed by atoms with Gasteiger partial charge in [0.1, 0.15) is 0 Å². The number of nitrogens with zero attached hydrogens (tertiary/aromatic N) is 3. The van der Waals surface area contributed by atoms with Gasteiger partial charge in [-0.2, -0.15) is 5.10 Å². The van der Waals surface area contributed by atoms with Gasteiger partial charge in [0, 0.05) is 43.3 Å². The Kier molecular flexibility index (Phi) is 4.51. The molecule has 1 fully saturated rings. The summed E-state index contributed by atoms with van der Waals surface area (Å²) in [4.78, 5) is 16.5. The van der Waals surface area contributed by atoms with Gasteiger partial charge in [0.25, 0.3) is 5.91 Å². The summed E-state index contributed by atoms with van der Waals surface area (Å²) in [6.07, 6.45) is 13.5. The zero-order valence-electron chi connectivity index (χ0n) is 13.0. The molecule has 2 heterocycles. The van der Waals surface area contributed by atoms with E-state index in [0.29, 0.717) is 11.5 Å². The molecule has 3 rings (SSSR count). The smallest absolute Gasteiger partial charge is 0.252 e. The second kappa shape index (κ2) is 6.73. The normalized spacial score (nSPS) is 15.7. The fourth-order valence-corrected chi connectivity index (χ4v) is 3.02. The topological polar surface area (TPSA) is 59.8 Å². The molecule has 0 aromatic carbocycles. The molecule has 1 aliphatic carbocycles. The molecule has 2 aromatic rings. The predicted molar refractivity (Wildman–Crippen MR) is 85.3 cm³/mol. The molecule has 0 aliphatic heterocycles. The molecular formula is C17H22N4O. The lowest BCUT2D eigenvalue weighted by Gasteiger charge is -2.21. The van der Waals surface area contributed by atoms with Crippen LogP contribution in [0.15, 0.2) is 30.9 Å². The number of amides is 1. The molecule has 0 spiro atoms. The minimum Gasteiger partial charge on any atom is -0.352 e. The van der Waals surface area contributed by atoms with E-state index in [1.165, 1.54) is 32.1 Å². The highest BCUT2D eigenvalue weighted by molar-refractivity contribution is 5.95. The number of aryl methyl sites for hydroxylation is 1. The summed E-state index contributed by atoms with van der Waals surface area (Å²) in [6, 6.07) is 1.88. The number of carbonyl (C=O) groups excluding carboxylic acids is 1. The van der Waals surface area contributed by atoms with E-state index >= 15 is 0 Å². The van der Waals surface area contributed by atoms with E-state index in [-0.39, 0.29) is 5.91 Å². The Balaban J connectivity index is 1.65. The molecule has 0 atom stereocenters. The summed E-state index contributed by atoms with van der Waals surface area (Å²) in [5, 5.41) is 7.21. The van der Waals surface area contributed by atoms with Crippen LogP contribution in [0.25, 0.3) is 11.1 Å². The first-order chi connectivity index (χ1) is 10.7. The van der Waals surface area contributed by atoms with E-state index in [1.54, 1.807) is 23.3 Å². The number of rotatable bonds is 4. The molecule has 22 heavy (non-hydrogen) atoms. The number of hydrogen-bond acceptors (Lipinski definition) is 3. The van der Waals surface area contributed by atoms with E-state index in [2.05, 4.69) is 15.4 Å². The Labute approximate surface area is 130 Å². The second-order valence-corrected chi connectivity index (χ2v) is 6.08. The van der Waals surface area contributed by atoms with Crippen LogP contribution in [0.1, 0.15) is 42.5 Å². The highest BCUT2D eigenvalue weighted by atomic mass is 16.1. The van der Waals surface area contributed by atoms with Gasteiger partial charge >= 0.3 is 0 Å². The van der Waals surface area contributed by atoms with E-state index in [9.17, 15) is 4.79 Å². The molecule has 0 radical (unpaired) electrons. The van der Waals surface area contributed by atoms with Crippen molar-refractivity contribution in [3.8, 4) is 11.1 Å². The molecule has 1 aliphatic rings. The highest BCUT2D eigenvalue weighted by Gasteiger charge is 2.15. The van der Waals surface area contributed by atoms with Crippen molar-refractivity contribution < 1.29 is 4.79 Å². The van der Waals surface area contributed by atoms with Crippen LogP contribution in [-0.4, -0.2) is 27.2 Å². The van der Waals surface area contributed by atoms with Crippen LogP contribution in [0.2, 0.25) is 0 Å². The average molecular weight is 298 g/mol. The van der Waals surface area contributed by atoms with Crippen molar-refractivity contribution >= 4 is 5.91 Å². The lowest BCUT2D eigenvalue weighted by Crippen LogP contribution is -2.30. The van der Waals surface area contributed by atoms with Gasteiger partial charge in [0.2, 0.25) is 0 Å². The van der Waals surface area contributed by atoms with Crippen molar-refractivity contribution in [2.45, 2.75) is 32.1 Å². The Bertz CT molecular complexity index is 644. The average Bonchev–Trinajstić information content (AvgIpc) is 3.00. The molecule has 1 amide bonds. The Hall–Kier alpha value is -2.17. The van der Waals surface area contributed by atoms with Crippen LogP contribution >= 0.6 is 0 Å². The molecule has 5 heteroatoms. The van der Waals surface area contributed by atoms with Crippen LogP contribution in [-0.2, 0) is 7.05 Å². The molecule has 1 saturated carbocycles. The Morgan fingerprint density at radius 3 is 2.77 bits per heavy atom. The minimum atomic E-state index is -0.0381. The minimum absolute atomic E-state index is 0.0381. The fraction of sp³-hybridized carbons (Fsp3) is 0.471. The van der Waals surface area contributed by atoms with Crippen molar-refractivity contribution in [2.75, 3.05) is 6.54 Å². The summed E-state index contributed by atoms with van der Waals surface area (Å²) >= 11 is 0. The quantitative estimate of drug-likeness (QED) is 0.944. The zero-order valence-corrected chi connectivity index (χ0v) is 13.0. The Morgan fingerprint density at radius 1 is 1.23 bits per heavy atom. The summed E-state index contributed by atoms with van der Waals surface area (Å²) < 4.78 is 1.74. The van der Waals surface area contributed by atoms with Crippen LogP contribution in [0.4, 0.5) is 0 Å².